The van der Waals surface area contributed by atoms with Crippen LogP contribution in [0.3, 0.4) is 0 Å². The van der Waals surface area contributed by atoms with Gasteiger partial charge in [0.1, 0.15) is 0 Å². The van der Waals surface area contributed by atoms with Gasteiger partial charge < -0.3 is 15.5 Å². The molecule has 0 aliphatic heterocycles. The first kappa shape index (κ1) is 18.7. The second kappa shape index (κ2) is 8.99. The molecule has 5 heteroatoms. The van der Waals surface area contributed by atoms with Crippen LogP contribution in [0, 0.1) is 6.92 Å². The Hall–Kier alpha value is -2.66. The lowest BCUT2D eigenvalue weighted by atomic mass is 10.1. The van der Waals surface area contributed by atoms with E-state index in [0.29, 0.717) is 12.1 Å². The van der Waals surface area contributed by atoms with Crippen LogP contribution < -0.4 is 10.6 Å². The van der Waals surface area contributed by atoms with Gasteiger partial charge in [-0.2, -0.15) is 0 Å². The largest absolute Gasteiger partial charge is 0.353 e. The molecule has 132 valence electrons. The highest BCUT2D eigenvalue weighted by molar-refractivity contribution is 5.97. The average molecular weight is 339 g/mol. The highest BCUT2D eigenvalue weighted by Gasteiger charge is 2.15. The molecule has 0 radical (unpaired) electrons. The molecule has 2 aromatic carbocycles. The molecule has 0 spiro atoms. The number of benzene rings is 2. The number of carbonyl (C=O) groups excluding carboxylic acids is 2. The summed E-state index contributed by atoms with van der Waals surface area (Å²) in [5.41, 5.74) is 2.61. The molecule has 0 aliphatic rings. The quantitative estimate of drug-likeness (QED) is 0.812. The van der Waals surface area contributed by atoms with Gasteiger partial charge in [-0.15, -0.1) is 0 Å². The van der Waals surface area contributed by atoms with Crippen molar-refractivity contribution in [1.82, 2.24) is 15.5 Å². The van der Waals surface area contributed by atoms with Crippen LogP contribution in [-0.4, -0.2) is 43.9 Å². The lowest BCUT2D eigenvalue weighted by Gasteiger charge is -2.25. The van der Waals surface area contributed by atoms with E-state index in [4.69, 9.17) is 0 Å². The maximum Gasteiger partial charge on any atom is 0.251 e. The van der Waals surface area contributed by atoms with E-state index in [1.165, 1.54) is 0 Å². The summed E-state index contributed by atoms with van der Waals surface area (Å²) in [5, 5.41) is 5.56. The van der Waals surface area contributed by atoms with E-state index in [0.717, 1.165) is 11.1 Å². The number of likely N-dealkylation sites (N-methyl/N-ethyl adjacent to an activating group) is 1. The van der Waals surface area contributed by atoms with Crippen molar-refractivity contribution in [2.75, 3.05) is 27.2 Å². The van der Waals surface area contributed by atoms with Crippen LogP contribution in [0.25, 0.3) is 0 Å². The van der Waals surface area contributed by atoms with Crippen molar-refractivity contribution in [2.24, 2.45) is 0 Å². The van der Waals surface area contributed by atoms with E-state index >= 15 is 0 Å². The van der Waals surface area contributed by atoms with Gasteiger partial charge in [0.25, 0.3) is 5.91 Å². The average Bonchev–Trinajstić information content (AvgIpc) is 2.61. The van der Waals surface area contributed by atoms with Crippen molar-refractivity contribution in [3.8, 4) is 0 Å². The summed E-state index contributed by atoms with van der Waals surface area (Å²) in [7, 11) is 3.95. The Morgan fingerprint density at radius 2 is 1.60 bits per heavy atom. The first-order valence-electron chi connectivity index (χ1n) is 8.31. The molecule has 5 nitrogen and oxygen atoms in total. The smallest absolute Gasteiger partial charge is 0.251 e. The molecule has 0 fully saturated rings. The van der Waals surface area contributed by atoms with Crippen LogP contribution in [0.4, 0.5) is 0 Å². The number of hydrogen-bond acceptors (Lipinski definition) is 3. The lowest BCUT2D eigenvalue weighted by molar-refractivity contribution is -0.120. The van der Waals surface area contributed by atoms with Gasteiger partial charge in [0.2, 0.25) is 5.91 Å². The Morgan fingerprint density at radius 1 is 0.960 bits per heavy atom. The van der Waals surface area contributed by atoms with Crippen molar-refractivity contribution in [3.63, 3.8) is 0 Å². The number of rotatable bonds is 7. The fraction of sp³-hybridized carbons (Fsp3) is 0.300. The van der Waals surface area contributed by atoms with E-state index in [2.05, 4.69) is 15.5 Å². The van der Waals surface area contributed by atoms with Gasteiger partial charge in [0, 0.05) is 12.1 Å². The molecule has 2 amide bonds. The maximum absolute atomic E-state index is 12.1. The van der Waals surface area contributed by atoms with Crippen molar-refractivity contribution in [1.29, 1.82) is 0 Å². The Balaban J connectivity index is 1.85. The molecule has 0 saturated heterocycles. The van der Waals surface area contributed by atoms with E-state index < -0.39 is 0 Å². The summed E-state index contributed by atoms with van der Waals surface area (Å²) in [6.45, 7) is 2.31. The minimum Gasteiger partial charge on any atom is -0.353 e. The molecule has 1 atom stereocenters. The van der Waals surface area contributed by atoms with Gasteiger partial charge in [0.15, 0.2) is 0 Å². The minimum absolute atomic E-state index is 0.0396. The topological polar surface area (TPSA) is 61.4 Å². The number of amides is 2. The second-order valence-corrected chi connectivity index (χ2v) is 6.19. The number of nitrogens with zero attached hydrogens (tertiary/aromatic N) is 1. The third kappa shape index (κ3) is 5.43. The predicted molar refractivity (Wildman–Crippen MR) is 99.4 cm³/mol. The fourth-order valence-electron chi connectivity index (χ4n) is 2.63. The Bertz CT molecular complexity index is 714. The van der Waals surface area contributed by atoms with Gasteiger partial charge in [-0.05, 0) is 38.2 Å². The molecule has 1 unspecified atom stereocenters. The summed E-state index contributed by atoms with van der Waals surface area (Å²) in [4.78, 5) is 26.3. The van der Waals surface area contributed by atoms with Crippen LogP contribution in [0.15, 0.2) is 54.6 Å². The van der Waals surface area contributed by atoms with Gasteiger partial charge >= 0.3 is 0 Å². The van der Waals surface area contributed by atoms with Gasteiger partial charge in [-0.25, -0.2) is 0 Å². The van der Waals surface area contributed by atoms with E-state index in [1.54, 1.807) is 6.07 Å². The molecule has 2 aromatic rings. The molecule has 2 N–H and O–H groups in total. The maximum atomic E-state index is 12.1. The molecule has 25 heavy (non-hydrogen) atoms. The molecular weight excluding hydrogens is 314 g/mol. The summed E-state index contributed by atoms with van der Waals surface area (Å²) < 4.78 is 0. The summed E-state index contributed by atoms with van der Waals surface area (Å²) >= 11 is 0. The Labute approximate surface area is 149 Å². The first-order chi connectivity index (χ1) is 12.0. The molecule has 0 saturated carbocycles. The molecule has 0 aromatic heterocycles. The molecule has 0 aliphatic carbocycles. The van der Waals surface area contributed by atoms with Crippen LogP contribution in [-0.2, 0) is 4.79 Å². The fourth-order valence-corrected chi connectivity index (χ4v) is 2.63. The third-order valence-corrected chi connectivity index (χ3v) is 4.10. The molecule has 2 rings (SSSR count). The van der Waals surface area contributed by atoms with Crippen molar-refractivity contribution >= 4 is 11.8 Å². The first-order valence-corrected chi connectivity index (χ1v) is 8.31. The van der Waals surface area contributed by atoms with E-state index in [1.807, 2.05) is 69.6 Å². The van der Waals surface area contributed by atoms with Crippen LogP contribution in [0.2, 0.25) is 0 Å². The highest BCUT2D eigenvalue weighted by atomic mass is 16.2. The summed E-state index contributed by atoms with van der Waals surface area (Å²) in [6, 6.07) is 17.4. The molecular formula is C20H25N3O2. The minimum atomic E-state index is -0.236. The van der Waals surface area contributed by atoms with E-state index in [-0.39, 0.29) is 24.4 Å². The predicted octanol–water partition coefficient (Wildman–Crippen LogP) is 2.14. The zero-order chi connectivity index (χ0) is 18.2. The zero-order valence-corrected chi connectivity index (χ0v) is 15.0. The number of nitrogens with one attached hydrogen (secondary N) is 2. The SMILES string of the molecule is Cc1ccccc1C(=O)NCC(=O)NCC(c1ccccc1)N(C)C. The van der Waals surface area contributed by atoms with Crippen molar-refractivity contribution < 1.29 is 9.59 Å². The third-order valence-electron chi connectivity index (χ3n) is 4.10. The van der Waals surface area contributed by atoms with Crippen LogP contribution >= 0.6 is 0 Å². The summed E-state index contributed by atoms with van der Waals surface area (Å²) in [6.07, 6.45) is 0. The number of hydrogen-bond donors (Lipinski definition) is 2. The zero-order valence-electron chi connectivity index (χ0n) is 15.0. The van der Waals surface area contributed by atoms with Crippen molar-refractivity contribution in [2.45, 2.75) is 13.0 Å². The Kier molecular flexibility index (Phi) is 6.71. The molecule has 0 heterocycles. The van der Waals surface area contributed by atoms with Crippen LogP contribution in [0.1, 0.15) is 27.5 Å². The standard InChI is InChI=1S/C20H25N3O2/c1-15-9-7-8-12-17(15)20(25)22-14-19(24)21-13-18(23(2)3)16-10-5-4-6-11-16/h4-12,18H,13-14H2,1-3H3,(H,21,24)(H,22,25). The normalized spacial score (nSPS) is 11.8. The summed E-state index contributed by atoms with van der Waals surface area (Å²) in [5.74, 6) is -0.440. The highest BCUT2D eigenvalue weighted by Crippen LogP contribution is 2.16. The number of aryl methyl sites for hydroxylation is 1. The van der Waals surface area contributed by atoms with Gasteiger partial charge in [0.05, 0.1) is 12.6 Å². The lowest BCUT2D eigenvalue weighted by Crippen LogP contribution is -2.40. The van der Waals surface area contributed by atoms with Crippen molar-refractivity contribution in [3.05, 3.63) is 71.3 Å². The molecule has 0 bridgehead atoms. The number of carbonyl (C=O) groups is 2. The second-order valence-electron chi connectivity index (χ2n) is 6.19. The van der Waals surface area contributed by atoms with E-state index in [9.17, 15) is 9.59 Å². The van der Waals surface area contributed by atoms with Crippen LogP contribution in [0.5, 0.6) is 0 Å². The van der Waals surface area contributed by atoms with Gasteiger partial charge in [-0.1, -0.05) is 48.5 Å². The van der Waals surface area contributed by atoms with Gasteiger partial charge in [-0.3, -0.25) is 9.59 Å². The Morgan fingerprint density at radius 3 is 2.24 bits per heavy atom. The monoisotopic (exact) mass is 339 g/mol.